The second kappa shape index (κ2) is 10.7. The van der Waals surface area contributed by atoms with Crippen LogP contribution in [0.15, 0.2) is 76.3 Å². The van der Waals surface area contributed by atoms with Gasteiger partial charge in [0, 0.05) is 36.2 Å². The summed E-state index contributed by atoms with van der Waals surface area (Å²) in [6.45, 7) is 0.886. The topological polar surface area (TPSA) is 88.6 Å². The first-order valence-electron chi connectivity index (χ1n) is 14.0. The molecule has 0 N–H and O–H groups in total. The molecule has 41 heavy (non-hydrogen) atoms. The zero-order valence-electron chi connectivity index (χ0n) is 22.7. The summed E-state index contributed by atoms with van der Waals surface area (Å²) >= 11 is 6.58. The molecule has 3 aromatic heterocycles. The van der Waals surface area contributed by atoms with Crippen molar-refractivity contribution in [3.63, 3.8) is 0 Å². The third-order valence-electron chi connectivity index (χ3n) is 7.90. The van der Waals surface area contributed by atoms with E-state index in [1.165, 1.54) is 4.57 Å². The van der Waals surface area contributed by atoms with Crippen molar-refractivity contribution in [1.82, 2.24) is 14.5 Å². The van der Waals surface area contributed by atoms with Crippen molar-refractivity contribution in [2.75, 3.05) is 13.2 Å². The Morgan fingerprint density at radius 3 is 2.68 bits per heavy atom. The summed E-state index contributed by atoms with van der Waals surface area (Å²) in [7, 11) is 1.72. The van der Waals surface area contributed by atoms with Crippen molar-refractivity contribution in [1.29, 1.82) is 0 Å². The minimum atomic E-state index is -1.05. The van der Waals surface area contributed by atoms with E-state index in [4.69, 9.17) is 35.2 Å². The number of aryl methyl sites for hydroxylation is 1. The molecule has 9 heteroatoms. The number of fused-ring (bicyclic) bond motifs is 2. The largest absolute Gasteiger partial charge is 0.458 e. The van der Waals surface area contributed by atoms with E-state index in [0.717, 1.165) is 59.6 Å². The van der Waals surface area contributed by atoms with Crippen LogP contribution in [-0.2, 0) is 26.9 Å². The number of pyridine rings is 1. The predicted molar refractivity (Wildman–Crippen MR) is 156 cm³/mol. The lowest BCUT2D eigenvalue weighted by atomic mass is 9.87. The number of hydrogen-bond acceptors (Lipinski definition) is 7. The van der Waals surface area contributed by atoms with Gasteiger partial charge in [0.1, 0.15) is 0 Å². The van der Waals surface area contributed by atoms with Crippen molar-refractivity contribution in [2.24, 2.45) is 7.05 Å². The Labute approximate surface area is 241 Å². The minimum Gasteiger partial charge on any atom is -0.458 e. The molecular weight excluding hydrogens is 542 g/mol. The quantitative estimate of drug-likeness (QED) is 0.200. The molecule has 5 aromatic rings. The fourth-order valence-electron chi connectivity index (χ4n) is 5.65. The Kier molecular flexibility index (Phi) is 6.87. The predicted octanol–water partition coefficient (Wildman–Crippen LogP) is 6.36. The Hall–Kier alpha value is -3.56. The van der Waals surface area contributed by atoms with Crippen molar-refractivity contribution in [2.45, 2.75) is 50.1 Å². The molecule has 1 aliphatic heterocycles. The maximum absolute atomic E-state index is 12.7. The van der Waals surface area contributed by atoms with Gasteiger partial charge in [0.05, 0.1) is 30.2 Å². The van der Waals surface area contributed by atoms with E-state index in [1.54, 1.807) is 13.3 Å². The number of aromatic nitrogens is 3. The summed E-state index contributed by atoms with van der Waals surface area (Å²) in [5.74, 6) is 0. The second-order valence-electron chi connectivity index (χ2n) is 10.8. The molecule has 0 radical (unpaired) electrons. The van der Waals surface area contributed by atoms with Crippen LogP contribution in [0.2, 0.25) is 5.28 Å². The molecule has 0 amide bonds. The molecule has 2 aromatic carbocycles. The molecule has 2 aliphatic rings. The zero-order chi connectivity index (χ0) is 28.0. The van der Waals surface area contributed by atoms with E-state index in [-0.39, 0.29) is 29.8 Å². The summed E-state index contributed by atoms with van der Waals surface area (Å²) < 4.78 is 26.4. The van der Waals surface area contributed by atoms with E-state index in [0.29, 0.717) is 23.4 Å². The van der Waals surface area contributed by atoms with Gasteiger partial charge in [0.2, 0.25) is 5.28 Å². The summed E-state index contributed by atoms with van der Waals surface area (Å²) in [6.07, 6.45) is 7.98. The number of rotatable bonds is 8. The van der Waals surface area contributed by atoms with Crippen LogP contribution in [0.5, 0.6) is 0 Å². The van der Waals surface area contributed by atoms with E-state index in [1.807, 2.05) is 60.8 Å². The normalized spacial score (nSPS) is 19.0. The van der Waals surface area contributed by atoms with Gasteiger partial charge in [-0.05, 0) is 73.0 Å². The molecule has 8 nitrogen and oxygen atoms in total. The van der Waals surface area contributed by atoms with E-state index >= 15 is 0 Å². The lowest BCUT2D eigenvalue weighted by molar-refractivity contribution is -0.197. The second-order valence-corrected chi connectivity index (χ2v) is 11.2. The van der Waals surface area contributed by atoms with Gasteiger partial charge >= 0.3 is 0 Å². The van der Waals surface area contributed by atoms with Crippen LogP contribution in [0.4, 0.5) is 0 Å². The van der Waals surface area contributed by atoms with Gasteiger partial charge in [-0.25, -0.2) is 9.97 Å². The van der Waals surface area contributed by atoms with Gasteiger partial charge in [0.15, 0.2) is 17.5 Å². The number of nitrogens with zero attached hydrogens (tertiary/aromatic N) is 3. The fourth-order valence-corrected chi connectivity index (χ4v) is 5.83. The molecule has 4 heterocycles. The maximum atomic E-state index is 12.7. The molecule has 1 saturated heterocycles. The fraction of sp³-hybridized carbons (Fsp3) is 0.344. The van der Waals surface area contributed by atoms with E-state index in [2.05, 4.69) is 4.98 Å². The van der Waals surface area contributed by atoms with Crippen molar-refractivity contribution < 1.29 is 18.6 Å². The van der Waals surface area contributed by atoms with Gasteiger partial charge < -0.3 is 23.2 Å². The van der Waals surface area contributed by atoms with E-state index < -0.39 is 5.60 Å². The van der Waals surface area contributed by atoms with Crippen molar-refractivity contribution in [3.05, 3.63) is 94.0 Å². The van der Waals surface area contributed by atoms with Crippen molar-refractivity contribution in [3.8, 4) is 11.1 Å². The summed E-state index contributed by atoms with van der Waals surface area (Å²) in [5.41, 5.74) is 3.06. The number of benzene rings is 2. The van der Waals surface area contributed by atoms with Crippen molar-refractivity contribution >= 4 is 33.5 Å². The number of halogens is 1. The summed E-state index contributed by atoms with van der Waals surface area (Å²) in [4.78, 5) is 22.1. The Balaban J connectivity index is 1.44. The average molecular weight is 572 g/mol. The zero-order valence-corrected chi connectivity index (χ0v) is 23.5. The lowest BCUT2D eigenvalue weighted by Crippen LogP contribution is -2.41. The number of hydrogen-bond donors (Lipinski definition) is 0. The first kappa shape index (κ1) is 26.3. The standard InChI is InChI=1S/C32H30ClN3O5/c1-36-18-25(23-14-16-39-28(23)30(36)37)20-10-13-26-24(17-20)29(35-31(33)34-26)32(41-22-11-12-22,21-7-3-2-4-8-21)19-40-27-9-5-6-15-38-27/h2-4,7-8,10,13-14,16-18,22,27H,5-6,9,11-12,15,19H2,1H3. The highest BCUT2D eigenvalue weighted by molar-refractivity contribution is 6.28. The van der Waals surface area contributed by atoms with Crippen LogP contribution in [0.25, 0.3) is 33.0 Å². The average Bonchev–Trinajstić information content (AvgIpc) is 3.68. The van der Waals surface area contributed by atoms with Gasteiger partial charge in [0.25, 0.3) is 5.56 Å². The summed E-state index contributed by atoms with van der Waals surface area (Å²) in [5, 5.41) is 1.66. The first-order chi connectivity index (χ1) is 20.0. The highest BCUT2D eigenvalue weighted by atomic mass is 35.5. The van der Waals surface area contributed by atoms with Gasteiger partial charge in [-0.2, -0.15) is 0 Å². The Morgan fingerprint density at radius 1 is 1.05 bits per heavy atom. The van der Waals surface area contributed by atoms with Crippen LogP contribution < -0.4 is 5.56 Å². The maximum Gasteiger partial charge on any atom is 0.293 e. The molecule has 0 spiro atoms. The Morgan fingerprint density at radius 2 is 1.90 bits per heavy atom. The van der Waals surface area contributed by atoms with E-state index in [9.17, 15) is 4.79 Å². The Bertz CT molecular complexity index is 1780. The van der Waals surface area contributed by atoms with Crippen LogP contribution >= 0.6 is 11.6 Å². The first-order valence-corrected chi connectivity index (χ1v) is 14.4. The molecule has 1 aliphatic carbocycles. The molecule has 210 valence electrons. The molecule has 2 unspecified atom stereocenters. The molecule has 1 saturated carbocycles. The van der Waals surface area contributed by atoms with Gasteiger partial charge in [-0.3, -0.25) is 4.79 Å². The molecule has 2 fully saturated rings. The van der Waals surface area contributed by atoms with Crippen LogP contribution in [0.1, 0.15) is 43.4 Å². The highest BCUT2D eigenvalue weighted by Gasteiger charge is 2.45. The molecule has 7 rings (SSSR count). The number of ether oxygens (including phenoxy) is 3. The third-order valence-corrected chi connectivity index (χ3v) is 8.07. The monoisotopic (exact) mass is 571 g/mol. The number of furan rings is 1. The van der Waals surface area contributed by atoms with Crippen LogP contribution in [-0.4, -0.2) is 40.1 Å². The van der Waals surface area contributed by atoms with Crippen LogP contribution in [0.3, 0.4) is 0 Å². The summed E-state index contributed by atoms with van der Waals surface area (Å²) in [6, 6.07) is 17.8. The van der Waals surface area contributed by atoms with Crippen LogP contribution in [0, 0.1) is 0 Å². The smallest absolute Gasteiger partial charge is 0.293 e. The SMILES string of the molecule is Cn1cc(-c2ccc3nc(Cl)nc(C(COC4CCCCO4)(OC4CC4)c4ccccc4)c3c2)c2ccoc2c1=O. The molecule has 2 atom stereocenters. The minimum absolute atomic E-state index is 0.0762. The van der Waals surface area contributed by atoms with Gasteiger partial charge in [-0.1, -0.05) is 36.4 Å². The lowest BCUT2D eigenvalue weighted by Gasteiger charge is -2.36. The molecular formula is C32H30ClN3O5. The molecule has 0 bridgehead atoms. The highest BCUT2D eigenvalue weighted by Crippen LogP contribution is 2.43. The van der Waals surface area contributed by atoms with Gasteiger partial charge in [-0.15, -0.1) is 0 Å². The third kappa shape index (κ3) is 4.95.